The highest BCUT2D eigenvalue weighted by Gasteiger charge is 2.46. The number of halogens is 1. The number of benzene rings is 2. The number of thioether (sulfide) groups is 1. The number of hydrogen-bond acceptors (Lipinski definition) is 15. The van der Waals surface area contributed by atoms with Gasteiger partial charge in [-0.15, -0.1) is 11.8 Å². The number of esters is 1. The van der Waals surface area contributed by atoms with Crippen molar-refractivity contribution in [2.24, 2.45) is 0 Å². The van der Waals surface area contributed by atoms with Gasteiger partial charge in [0.05, 0.1) is 66.6 Å². The van der Waals surface area contributed by atoms with Crippen molar-refractivity contribution in [3.8, 4) is 11.4 Å². The Morgan fingerprint density at radius 1 is 0.886 bits per heavy atom. The molecule has 4 aromatic rings. The Labute approximate surface area is 459 Å². The minimum atomic E-state index is -2.02. The number of imide groups is 1. The van der Waals surface area contributed by atoms with Crippen LogP contribution in [0.25, 0.3) is 22.3 Å². The number of nitrogens with zero attached hydrogens (tertiary/aromatic N) is 4. The largest absolute Gasteiger partial charge is 0.458 e. The third-order valence-corrected chi connectivity index (χ3v) is 15.9. The molecule has 0 spiro atoms. The summed E-state index contributed by atoms with van der Waals surface area (Å²) in [4.78, 5) is 123. The number of unbranched alkanes of at least 4 members (excludes halogenated alkanes) is 2. The van der Waals surface area contributed by atoms with Crippen molar-refractivity contribution in [1.82, 2.24) is 45.9 Å². The maximum absolute atomic E-state index is 15.5. The van der Waals surface area contributed by atoms with Gasteiger partial charge in [-0.3, -0.25) is 48.6 Å². The molecule has 0 saturated carbocycles. The van der Waals surface area contributed by atoms with Crippen molar-refractivity contribution in [2.45, 2.75) is 122 Å². The quantitative estimate of drug-likeness (QED) is 0.0181. The van der Waals surface area contributed by atoms with E-state index in [1.165, 1.54) is 30.0 Å². The van der Waals surface area contributed by atoms with Crippen LogP contribution in [0.5, 0.6) is 0 Å². The molecule has 2 aromatic carbocycles. The lowest BCUT2D eigenvalue weighted by Gasteiger charge is -2.37. The summed E-state index contributed by atoms with van der Waals surface area (Å²) in [5.74, 6) is -3.36. The van der Waals surface area contributed by atoms with Crippen molar-refractivity contribution in [3.63, 3.8) is 0 Å². The minimum absolute atomic E-state index is 0.0215. The number of carbonyl (C=O) groups excluding carboxylic acids is 8. The number of aliphatic hydroxyl groups excluding tert-OH is 1. The van der Waals surface area contributed by atoms with Crippen LogP contribution >= 0.6 is 11.8 Å². The van der Waals surface area contributed by atoms with E-state index in [1.54, 1.807) is 36.6 Å². The van der Waals surface area contributed by atoms with E-state index < -0.39 is 65.5 Å². The molecular weight excluding hydrogens is 1040 g/mol. The van der Waals surface area contributed by atoms with E-state index in [9.17, 15) is 53.4 Å². The van der Waals surface area contributed by atoms with Crippen LogP contribution in [-0.2, 0) is 74.7 Å². The van der Waals surface area contributed by atoms with Crippen molar-refractivity contribution in [3.05, 3.63) is 110 Å². The zero-order valence-corrected chi connectivity index (χ0v) is 45.2. The summed E-state index contributed by atoms with van der Waals surface area (Å²) in [5, 5.41) is 36.5. The van der Waals surface area contributed by atoms with Gasteiger partial charge < -0.3 is 45.7 Å². The van der Waals surface area contributed by atoms with Crippen LogP contribution in [0.4, 0.5) is 4.39 Å². The Balaban J connectivity index is 0.793. The zero-order chi connectivity index (χ0) is 56.5. The number of aliphatic hydroxyl groups is 2. The Bertz CT molecular complexity index is 3140. The molecule has 420 valence electrons. The molecule has 2 aromatic heterocycles. The molecule has 1 unspecified atom stereocenters. The van der Waals surface area contributed by atoms with Gasteiger partial charge in [0, 0.05) is 60.7 Å². The third kappa shape index (κ3) is 12.9. The summed E-state index contributed by atoms with van der Waals surface area (Å²) in [6.07, 6.45) is 4.65. The van der Waals surface area contributed by atoms with Crippen LogP contribution in [0.15, 0.2) is 59.4 Å². The predicted octanol–water partition coefficient (Wildman–Crippen LogP) is 2.30. The monoisotopic (exact) mass is 1110 g/mol. The summed E-state index contributed by atoms with van der Waals surface area (Å²) in [6.45, 7) is 4.62. The first-order valence-corrected chi connectivity index (χ1v) is 27.9. The highest BCUT2D eigenvalue weighted by molar-refractivity contribution is 7.99. The Hall–Kier alpha value is -7.34. The number of cyclic esters (lactones) is 1. The number of hydrogen-bond donors (Lipinski definition) is 7. The number of fused-ring (bicyclic) bond motifs is 5. The second-order valence-electron chi connectivity index (χ2n) is 20.0. The van der Waals surface area contributed by atoms with Gasteiger partial charge in [-0.1, -0.05) is 43.7 Å². The van der Waals surface area contributed by atoms with Gasteiger partial charge in [0.1, 0.15) is 18.7 Å². The van der Waals surface area contributed by atoms with Crippen molar-refractivity contribution < 1.29 is 57.7 Å². The summed E-state index contributed by atoms with van der Waals surface area (Å²) >= 11 is 1.41. The normalized spacial score (nSPS) is 17.6. The van der Waals surface area contributed by atoms with E-state index in [-0.39, 0.29) is 99.1 Å². The van der Waals surface area contributed by atoms with Crippen LogP contribution in [0.2, 0.25) is 0 Å². The van der Waals surface area contributed by atoms with Crippen LogP contribution in [0.1, 0.15) is 110 Å². The number of carbonyl (C=O) groups is 8. The fourth-order valence-corrected chi connectivity index (χ4v) is 11.5. The number of pyridine rings is 2. The van der Waals surface area contributed by atoms with Crippen molar-refractivity contribution >= 4 is 70.0 Å². The van der Waals surface area contributed by atoms with Gasteiger partial charge in [-0.25, -0.2) is 14.2 Å². The maximum atomic E-state index is 15.5. The van der Waals surface area contributed by atoms with Gasteiger partial charge >= 0.3 is 5.97 Å². The number of aromatic nitrogens is 2. The van der Waals surface area contributed by atoms with E-state index in [0.717, 1.165) is 32.5 Å². The average Bonchev–Trinajstić information content (AvgIpc) is 3.63. The Kier molecular flexibility index (Phi) is 18.8. The molecule has 4 atom stereocenters. The van der Waals surface area contributed by atoms with Gasteiger partial charge in [0.25, 0.3) is 17.4 Å². The van der Waals surface area contributed by atoms with E-state index >= 15 is 4.39 Å². The summed E-state index contributed by atoms with van der Waals surface area (Å²) < 4.78 is 22.3. The molecule has 0 fully saturated rings. The number of rotatable bonds is 26. The van der Waals surface area contributed by atoms with Gasteiger partial charge in [0.2, 0.25) is 29.5 Å². The Morgan fingerprint density at radius 2 is 1.61 bits per heavy atom. The molecule has 0 saturated heterocycles. The molecule has 0 bridgehead atoms. The first kappa shape index (κ1) is 57.8. The second-order valence-corrected chi connectivity index (χ2v) is 21.1. The summed E-state index contributed by atoms with van der Waals surface area (Å²) in [6, 6.07) is 10.7. The molecule has 5 heterocycles. The molecule has 1 aliphatic carbocycles. The molecule has 7 amide bonds. The van der Waals surface area contributed by atoms with Crippen LogP contribution in [0, 0.1) is 12.7 Å². The van der Waals surface area contributed by atoms with Crippen LogP contribution in [-0.4, -0.2) is 134 Å². The molecule has 7 N–H and O–H groups in total. The highest BCUT2D eigenvalue weighted by Crippen LogP contribution is 2.47. The molecular formula is C56H66FN9O12S. The number of amides is 7. The lowest BCUT2D eigenvalue weighted by Crippen LogP contribution is -2.54. The smallest absolute Gasteiger partial charge is 0.343 e. The third-order valence-electron chi connectivity index (χ3n) is 15.0. The first-order valence-electron chi connectivity index (χ1n) is 26.7. The van der Waals surface area contributed by atoms with Gasteiger partial charge in [0.15, 0.2) is 5.60 Å². The minimum Gasteiger partial charge on any atom is -0.458 e. The fraction of sp³-hybridized carbons (Fsp3) is 0.464. The lowest BCUT2D eigenvalue weighted by molar-refractivity contribution is -0.172. The maximum Gasteiger partial charge on any atom is 0.343 e. The molecule has 4 aliphatic rings. The zero-order valence-electron chi connectivity index (χ0n) is 44.4. The summed E-state index contributed by atoms with van der Waals surface area (Å²) in [7, 11) is 0. The van der Waals surface area contributed by atoms with Crippen LogP contribution < -0.4 is 32.1 Å². The standard InChI is InChI=1S/C56H66FN9O12S/c1-4-56(77)37-24-42-52-35(29-66(42)54(75)36(37)30-78-55(56)76)51-41(18-17-34-32(3)38(57)25-39(63-52)50(34)51)64(5-2)47(71)16-12-22-79-31-61-45(69)27-60-53(74)40(23-33-13-8-6-9-14-33)62-46(70)28-59-44(68)26-58-43(67)15-10-7-11-21-65-48(72)19-20-49(65)73/h6,8-9,13-14,19-20,24-25,40-41,53,60,74,77H,4-5,7,10-12,15-18,21-23,26-31H2,1-3H3,(H,58,67)(H,59,68)(H,61,69)(H,62,70)/t40-,41-,53?,56-/m0/s1. The van der Waals surface area contributed by atoms with E-state index in [1.807, 2.05) is 30.0 Å². The lowest BCUT2D eigenvalue weighted by atomic mass is 9.81. The predicted molar refractivity (Wildman–Crippen MR) is 289 cm³/mol. The van der Waals surface area contributed by atoms with Gasteiger partial charge in [-0.05, 0) is 92.9 Å². The van der Waals surface area contributed by atoms with E-state index in [4.69, 9.17) is 9.72 Å². The molecule has 79 heavy (non-hydrogen) atoms. The topological polar surface area (TPSA) is 288 Å². The van der Waals surface area contributed by atoms with E-state index in [2.05, 4.69) is 26.6 Å². The van der Waals surface area contributed by atoms with E-state index in [0.29, 0.717) is 73.3 Å². The molecule has 3 aliphatic heterocycles. The molecule has 21 nitrogen and oxygen atoms in total. The van der Waals surface area contributed by atoms with Crippen LogP contribution in [0.3, 0.4) is 0 Å². The number of ether oxygens (including phenoxy) is 1. The molecule has 23 heteroatoms. The second kappa shape index (κ2) is 25.6. The first-order chi connectivity index (χ1) is 37.9. The highest BCUT2D eigenvalue weighted by atomic mass is 32.2. The fourth-order valence-electron chi connectivity index (χ4n) is 10.7. The summed E-state index contributed by atoms with van der Waals surface area (Å²) in [5.41, 5.74) is 2.74. The van der Waals surface area contributed by atoms with Crippen molar-refractivity contribution in [1.29, 1.82) is 0 Å². The average molecular weight is 1110 g/mol. The SMILES string of the molecule is CCN(C(=O)CCCSCNC(=O)CNC(O)[C@H](Cc1ccccc1)NC(=O)CNC(=O)CNC(=O)CCCCCN1C(=O)C=CC1=O)[C@H]1CCc2c(C)c(F)cc3nc4c(c1c23)Cn1c-4cc2c(c1=O)COC(=O)[C@]2(O)CC. The molecule has 8 rings (SSSR count). The Morgan fingerprint density at radius 3 is 2.34 bits per heavy atom. The number of nitrogens with one attached hydrogen (secondary N) is 5. The van der Waals surface area contributed by atoms with Crippen molar-refractivity contribution in [2.75, 3.05) is 44.4 Å². The molecule has 0 radical (unpaired) electrons. The number of aryl methyl sites for hydroxylation is 1. The van der Waals surface area contributed by atoms with Gasteiger partial charge in [-0.2, -0.15) is 0 Å².